The van der Waals surface area contributed by atoms with Gasteiger partial charge in [0.2, 0.25) is 5.89 Å². The lowest BCUT2D eigenvalue weighted by Gasteiger charge is -2.23. The molecule has 2 heterocycles. The highest BCUT2D eigenvalue weighted by molar-refractivity contribution is 7.10. The highest BCUT2D eigenvalue weighted by atomic mass is 32.1. The van der Waals surface area contributed by atoms with Crippen LogP contribution in [0.25, 0.3) is 0 Å². The summed E-state index contributed by atoms with van der Waals surface area (Å²) in [6, 6.07) is 2.76. The summed E-state index contributed by atoms with van der Waals surface area (Å²) in [6.07, 6.45) is 4.56. The van der Waals surface area contributed by atoms with Crippen molar-refractivity contribution in [3.8, 4) is 0 Å². The number of hydrogen-bond acceptors (Lipinski definition) is 5. The van der Waals surface area contributed by atoms with E-state index in [9.17, 15) is 0 Å². The minimum atomic E-state index is 0.504. The first-order chi connectivity index (χ1) is 8.83. The number of thiophene rings is 1. The molecular formula is C13H17N3OS. The number of nitrogens with one attached hydrogen (secondary N) is 1. The topological polar surface area (TPSA) is 51.0 Å². The molecule has 0 saturated heterocycles. The first kappa shape index (κ1) is 11.9. The number of nitrogens with zero attached hydrogens (tertiary/aromatic N) is 2. The van der Waals surface area contributed by atoms with Crippen molar-refractivity contribution in [2.45, 2.75) is 38.6 Å². The van der Waals surface area contributed by atoms with Crippen molar-refractivity contribution in [3.63, 3.8) is 0 Å². The van der Waals surface area contributed by atoms with Gasteiger partial charge in [-0.1, -0.05) is 5.16 Å². The van der Waals surface area contributed by atoms with Crippen molar-refractivity contribution in [3.05, 3.63) is 33.6 Å². The molecule has 1 aliphatic carbocycles. The van der Waals surface area contributed by atoms with Gasteiger partial charge < -0.3 is 9.84 Å². The maximum absolute atomic E-state index is 5.11. The van der Waals surface area contributed by atoms with Crippen LogP contribution in [0, 0.1) is 6.92 Å². The monoisotopic (exact) mass is 263 g/mol. The van der Waals surface area contributed by atoms with E-state index < -0.39 is 0 Å². The quantitative estimate of drug-likeness (QED) is 0.921. The molecule has 0 bridgehead atoms. The lowest BCUT2D eigenvalue weighted by atomic mass is 9.94. The Morgan fingerprint density at radius 3 is 3.33 bits per heavy atom. The van der Waals surface area contributed by atoms with Gasteiger partial charge in [0.05, 0.1) is 0 Å². The molecule has 96 valence electrons. The molecule has 1 N–H and O–H groups in total. The van der Waals surface area contributed by atoms with Gasteiger partial charge in [-0.05, 0) is 43.2 Å². The summed E-state index contributed by atoms with van der Waals surface area (Å²) >= 11 is 1.88. The van der Waals surface area contributed by atoms with Crippen LogP contribution in [0.15, 0.2) is 16.0 Å². The smallest absolute Gasteiger partial charge is 0.227 e. The molecule has 2 aromatic heterocycles. The summed E-state index contributed by atoms with van der Waals surface area (Å²) in [4.78, 5) is 5.76. The van der Waals surface area contributed by atoms with Crippen LogP contribution in [0.2, 0.25) is 0 Å². The van der Waals surface area contributed by atoms with Crippen LogP contribution in [0.5, 0.6) is 0 Å². The number of rotatable bonds is 4. The fraction of sp³-hybridized carbons (Fsp3) is 0.538. The molecule has 0 amide bonds. The lowest BCUT2D eigenvalue weighted by molar-refractivity contribution is 0.366. The summed E-state index contributed by atoms with van der Waals surface area (Å²) in [7, 11) is 0. The van der Waals surface area contributed by atoms with Gasteiger partial charge in [0.25, 0.3) is 0 Å². The molecule has 0 radical (unpaired) electrons. The van der Waals surface area contributed by atoms with Crippen molar-refractivity contribution in [2.75, 3.05) is 6.54 Å². The molecule has 1 unspecified atom stereocenters. The number of aryl methyl sites for hydroxylation is 2. The van der Waals surface area contributed by atoms with E-state index in [-0.39, 0.29) is 0 Å². The molecule has 0 spiro atoms. The van der Waals surface area contributed by atoms with Gasteiger partial charge in [0, 0.05) is 23.9 Å². The van der Waals surface area contributed by atoms with Crippen LogP contribution >= 0.6 is 11.3 Å². The Labute approximate surface area is 110 Å². The third-order valence-electron chi connectivity index (χ3n) is 3.35. The first-order valence-corrected chi connectivity index (χ1v) is 7.30. The fourth-order valence-electron chi connectivity index (χ4n) is 2.49. The van der Waals surface area contributed by atoms with Gasteiger partial charge in [-0.3, -0.25) is 0 Å². The van der Waals surface area contributed by atoms with Crippen molar-refractivity contribution < 1.29 is 4.52 Å². The Morgan fingerprint density at radius 1 is 1.56 bits per heavy atom. The predicted molar refractivity (Wildman–Crippen MR) is 70.7 cm³/mol. The van der Waals surface area contributed by atoms with Crippen LogP contribution in [0.3, 0.4) is 0 Å². The maximum atomic E-state index is 5.11. The minimum Gasteiger partial charge on any atom is -0.339 e. The Bertz CT molecular complexity index is 520. The van der Waals surface area contributed by atoms with Crippen molar-refractivity contribution >= 4 is 11.3 Å². The summed E-state index contributed by atoms with van der Waals surface area (Å²) < 4.78 is 5.11. The van der Waals surface area contributed by atoms with E-state index in [0.717, 1.165) is 18.9 Å². The average Bonchev–Trinajstić information content (AvgIpc) is 2.98. The molecule has 5 heteroatoms. The summed E-state index contributed by atoms with van der Waals surface area (Å²) in [5.74, 6) is 1.43. The summed E-state index contributed by atoms with van der Waals surface area (Å²) in [5, 5.41) is 9.60. The van der Waals surface area contributed by atoms with E-state index in [1.165, 1.54) is 24.8 Å². The Kier molecular flexibility index (Phi) is 3.43. The number of aromatic nitrogens is 2. The number of fused-ring (bicyclic) bond motifs is 1. The first-order valence-electron chi connectivity index (χ1n) is 6.42. The second kappa shape index (κ2) is 5.20. The second-order valence-electron chi connectivity index (χ2n) is 4.68. The molecule has 0 fully saturated rings. The molecule has 0 saturated carbocycles. The van der Waals surface area contributed by atoms with Crippen LogP contribution in [0.1, 0.15) is 41.0 Å². The van der Waals surface area contributed by atoms with Crippen LogP contribution in [0.4, 0.5) is 0 Å². The van der Waals surface area contributed by atoms with E-state index in [0.29, 0.717) is 11.9 Å². The van der Waals surface area contributed by atoms with E-state index in [1.807, 2.05) is 18.3 Å². The number of hydrogen-bond donors (Lipinski definition) is 1. The van der Waals surface area contributed by atoms with Gasteiger partial charge in [-0.15, -0.1) is 11.3 Å². The third-order valence-corrected chi connectivity index (χ3v) is 4.35. The second-order valence-corrected chi connectivity index (χ2v) is 5.68. The fourth-order valence-corrected chi connectivity index (χ4v) is 3.48. The molecule has 1 atom stereocenters. The molecule has 2 aromatic rings. The highest BCUT2D eigenvalue weighted by Gasteiger charge is 2.20. The Morgan fingerprint density at radius 2 is 2.50 bits per heavy atom. The standard InChI is InChI=1S/C13H17N3OS/c1-9-15-13(17-16-9)5-7-14-11-3-2-4-12-10(11)6-8-18-12/h6,8,11,14H,2-5,7H2,1H3. The van der Waals surface area contributed by atoms with Gasteiger partial charge in [0.1, 0.15) is 0 Å². The van der Waals surface area contributed by atoms with Crippen LogP contribution in [-0.4, -0.2) is 16.7 Å². The summed E-state index contributed by atoms with van der Waals surface area (Å²) in [5.41, 5.74) is 1.49. The van der Waals surface area contributed by atoms with Crippen LogP contribution < -0.4 is 5.32 Å². The van der Waals surface area contributed by atoms with Gasteiger partial charge in [-0.25, -0.2) is 0 Å². The highest BCUT2D eigenvalue weighted by Crippen LogP contribution is 2.33. The van der Waals surface area contributed by atoms with Crippen molar-refractivity contribution in [2.24, 2.45) is 0 Å². The molecule has 4 nitrogen and oxygen atoms in total. The average molecular weight is 263 g/mol. The third kappa shape index (κ3) is 2.47. The molecule has 0 aromatic carbocycles. The molecule has 18 heavy (non-hydrogen) atoms. The SMILES string of the molecule is Cc1noc(CCNC2CCCc3sccc32)n1. The lowest BCUT2D eigenvalue weighted by Crippen LogP contribution is -2.26. The Balaban J connectivity index is 1.55. The van der Waals surface area contributed by atoms with Crippen LogP contribution in [-0.2, 0) is 12.8 Å². The summed E-state index contributed by atoms with van der Waals surface area (Å²) in [6.45, 7) is 2.74. The predicted octanol–water partition coefficient (Wildman–Crippen LogP) is 2.65. The normalized spacial score (nSPS) is 18.8. The van der Waals surface area contributed by atoms with E-state index in [2.05, 4.69) is 26.9 Å². The largest absolute Gasteiger partial charge is 0.339 e. The zero-order chi connectivity index (χ0) is 12.4. The zero-order valence-electron chi connectivity index (χ0n) is 10.5. The van der Waals surface area contributed by atoms with Gasteiger partial charge in [0.15, 0.2) is 5.82 Å². The molecule has 0 aliphatic heterocycles. The van der Waals surface area contributed by atoms with Gasteiger partial charge >= 0.3 is 0 Å². The van der Waals surface area contributed by atoms with Crippen molar-refractivity contribution in [1.82, 2.24) is 15.5 Å². The molecular weight excluding hydrogens is 246 g/mol. The van der Waals surface area contributed by atoms with E-state index in [4.69, 9.17) is 4.52 Å². The Hall–Kier alpha value is -1.20. The van der Waals surface area contributed by atoms with E-state index in [1.54, 1.807) is 4.88 Å². The zero-order valence-corrected chi connectivity index (χ0v) is 11.3. The van der Waals surface area contributed by atoms with Gasteiger partial charge in [-0.2, -0.15) is 4.98 Å². The minimum absolute atomic E-state index is 0.504. The van der Waals surface area contributed by atoms with Crippen molar-refractivity contribution in [1.29, 1.82) is 0 Å². The molecule has 3 rings (SSSR count). The van der Waals surface area contributed by atoms with E-state index >= 15 is 0 Å². The molecule has 1 aliphatic rings. The maximum Gasteiger partial charge on any atom is 0.227 e.